The van der Waals surface area contributed by atoms with Gasteiger partial charge in [-0.3, -0.25) is 9.78 Å². The predicted molar refractivity (Wildman–Crippen MR) is 61.6 cm³/mol. The van der Waals surface area contributed by atoms with E-state index in [9.17, 15) is 4.79 Å². The number of pyridine rings is 1. The van der Waals surface area contributed by atoms with Crippen LogP contribution in [-0.4, -0.2) is 17.9 Å². The monoisotopic (exact) mass is 207 g/mol. The van der Waals surface area contributed by atoms with E-state index >= 15 is 0 Å². The van der Waals surface area contributed by atoms with E-state index in [1.165, 1.54) is 0 Å². The molecule has 1 aromatic rings. The number of carbonyl (C=O) groups is 1. The SMILES string of the molecule is CCCCC(=O)N(C)c1ccncc1N. The summed E-state index contributed by atoms with van der Waals surface area (Å²) in [5.41, 5.74) is 6.99. The molecule has 0 atom stereocenters. The summed E-state index contributed by atoms with van der Waals surface area (Å²) in [4.78, 5) is 17.2. The Hall–Kier alpha value is -1.58. The average Bonchev–Trinajstić information content (AvgIpc) is 2.25. The third-order valence-corrected chi connectivity index (χ3v) is 2.31. The van der Waals surface area contributed by atoms with Crippen LogP contribution in [0.1, 0.15) is 26.2 Å². The zero-order valence-corrected chi connectivity index (χ0v) is 9.23. The summed E-state index contributed by atoms with van der Waals surface area (Å²) in [6, 6.07) is 1.75. The third-order valence-electron chi connectivity index (χ3n) is 2.31. The highest BCUT2D eigenvalue weighted by Gasteiger charge is 2.12. The quantitative estimate of drug-likeness (QED) is 0.819. The molecule has 0 aliphatic heterocycles. The second kappa shape index (κ2) is 5.34. The smallest absolute Gasteiger partial charge is 0.226 e. The fraction of sp³-hybridized carbons (Fsp3) is 0.455. The molecule has 15 heavy (non-hydrogen) atoms. The number of nitrogens with zero attached hydrogens (tertiary/aromatic N) is 2. The Labute approximate surface area is 90.1 Å². The van der Waals surface area contributed by atoms with Gasteiger partial charge in [0.2, 0.25) is 5.91 Å². The van der Waals surface area contributed by atoms with E-state index in [4.69, 9.17) is 5.73 Å². The summed E-state index contributed by atoms with van der Waals surface area (Å²) in [7, 11) is 1.74. The van der Waals surface area contributed by atoms with Crippen LogP contribution in [0.4, 0.5) is 11.4 Å². The van der Waals surface area contributed by atoms with Gasteiger partial charge in [-0.1, -0.05) is 13.3 Å². The molecule has 0 aliphatic rings. The van der Waals surface area contributed by atoms with Crippen LogP contribution >= 0.6 is 0 Å². The first-order chi connectivity index (χ1) is 7.16. The molecular weight excluding hydrogens is 190 g/mol. The number of carbonyl (C=O) groups excluding carboxylic acids is 1. The molecule has 0 saturated carbocycles. The summed E-state index contributed by atoms with van der Waals surface area (Å²) < 4.78 is 0. The van der Waals surface area contributed by atoms with Crippen molar-refractivity contribution in [2.75, 3.05) is 17.7 Å². The molecule has 82 valence electrons. The van der Waals surface area contributed by atoms with Gasteiger partial charge in [0.05, 0.1) is 17.6 Å². The van der Waals surface area contributed by atoms with Crippen molar-refractivity contribution in [3.63, 3.8) is 0 Å². The molecule has 4 heteroatoms. The second-order valence-electron chi connectivity index (χ2n) is 3.49. The Balaban J connectivity index is 2.72. The molecule has 0 aliphatic carbocycles. The summed E-state index contributed by atoms with van der Waals surface area (Å²) in [6.45, 7) is 2.06. The molecule has 0 fully saturated rings. The largest absolute Gasteiger partial charge is 0.396 e. The molecule has 1 aromatic heterocycles. The predicted octanol–water partition coefficient (Wildman–Crippen LogP) is 1.82. The fourth-order valence-corrected chi connectivity index (χ4v) is 1.33. The number of amides is 1. The lowest BCUT2D eigenvalue weighted by Crippen LogP contribution is -2.26. The maximum Gasteiger partial charge on any atom is 0.226 e. The van der Waals surface area contributed by atoms with Gasteiger partial charge < -0.3 is 10.6 Å². The maximum absolute atomic E-state index is 11.7. The number of nitrogens with two attached hydrogens (primary N) is 1. The van der Waals surface area contributed by atoms with Crippen LogP contribution in [0.25, 0.3) is 0 Å². The minimum Gasteiger partial charge on any atom is -0.396 e. The van der Waals surface area contributed by atoms with Gasteiger partial charge in [0.25, 0.3) is 0 Å². The minimum absolute atomic E-state index is 0.0924. The lowest BCUT2D eigenvalue weighted by Gasteiger charge is -2.18. The number of unbranched alkanes of at least 4 members (excludes halogenated alkanes) is 1. The van der Waals surface area contributed by atoms with Crippen LogP contribution in [0.3, 0.4) is 0 Å². The molecule has 0 aromatic carbocycles. The number of aromatic nitrogens is 1. The highest BCUT2D eigenvalue weighted by molar-refractivity contribution is 5.95. The van der Waals surface area contributed by atoms with Crippen LogP contribution in [-0.2, 0) is 4.79 Å². The van der Waals surface area contributed by atoms with E-state index in [0.717, 1.165) is 18.5 Å². The van der Waals surface area contributed by atoms with Crippen molar-refractivity contribution in [1.29, 1.82) is 0 Å². The van der Waals surface area contributed by atoms with Gasteiger partial charge in [0.15, 0.2) is 0 Å². The second-order valence-corrected chi connectivity index (χ2v) is 3.49. The number of nitrogen functional groups attached to an aromatic ring is 1. The van der Waals surface area contributed by atoms with E-state index < -0.39 is 0 Å². The Bertz CT molecular complexity index is 338. The topological polar surface area (TPSA) is 59.2 Å². The average molecular weight is 207 g/mol. The first-order valence-electron chi connectivity index (χ1n) is 5.12. The zero-order chi connectivity index (χ0) is 11.3. The molecule has 0 unspecified atom stereocenters. The van der Waals surface area contributed by atoms with Crippen LogP contribution in [0.5, 0.6) is 0 Å². The molecular formula is C11H17N3O. The van der Waals surface area contributed by atoms with E-state index in [2.05, 4.69) is 11.9 Å². The number of hydrogen-bond acceptors (Lipinski definition) is 3. The van der Waals surface area contributed by atoms with Gasteiger partial charge in [-0.25, -0.2) is 0 Å². The number of anilines is 2. The zero-order valence-electron chi connectivity index (χ0n) is 9.23. The number of rotatable bonds is 4. The van der Waals surface area contributed by atoms with E-state index in [0.29, 0.717) is 12.1 Å². The van der Waals surface area contributed by atoms with Crippen LogP contribution in [0, 0.1) is 0 Å². The van der Waals surface area contributed by atoms with Gasteiger partial charge in [-0.2, -0.15) is 0 Å². The van der Waals surface area contributed by atoms with E-state index in [1.807, 2.05) is 0 Å². The van der Waals surface area contributed by atoms with Crippen molar-refractivity contribution in [1.82, 2.24) is 4.98 Å². The van der Waals surface area contributed by atoms with E-state index in [1.54, 1.807) is 30.4 Å². The van der Waals surface area contributed by atoms with Crippen molar-refractivity contribution in [2.24, 2.45) is 0 Å². The molecule has 1 heterocycles. The van der Waals surface area contributed by atoms with Crippen molar-refractivity contribution >= 4 is 17.3 Å². The Morgan fingerprint density at radius 3 is 2.93 bits per heavy atom. The van der Waals surface area contributed by atoms with Crippen molar-refractivity contribution in [3.8, 4) is 0 Å². The van der Waals surface area contributed by atoms with Crippen molar-refractivity contribution < 1.29 is 4.79 Å². The first-order valence-corrected chi connectivity index (χ1v) is 5.12. The Morgan fingerprint density at radius 2 is 2.33 bits per heavy atom. The maximum atomic E-state index is 11.7. The molecule has 0 radical (unpaired) electrons. The van der Waals surface area contributed by atoms with Gasteiger partial charge >= 0.3 is 0 Å². The highest BCUT2D eigenvalue weighted by Crippen LogP contribution is 2.20. The molecule has 0 saturated heterocycles. The first kappa shape index (κ1) is 11.5. The fourth-order valence-electron chi connectivity index (χ4n) is 1.33. The molecule has 2 N–H and O–H groups in total. The Morgan fingerprint density at radius 1 is 1.60 bits per heavy atom. The molecule has 4 nitrogen and oxygen atoms in total. The summed E-state index contributed by atoms with van der Waals surface area (Å²) >= 11 is 0. The van der Waals surface area contributed by atoms with Crippen molar-refractivity contribution in [3.05, 3.63) is 18.5 Å². The van der Waals surface area contributed by atoms with Gasteiger partial charge in [0, 0.05) is 19.7 Å². The molecule has 1 amide bonds. The van der Waals surface area contributed by atoms with Crippen LogP contribution in [0.2, 0.25) is 0 Å². The summed E-state index contributed by atoms with van der Waals surface area (Å²) in [6.07, 6.45) is 5.68. The molecule has 1 rings (SSSR count). The van der Waals surface area contributed by atoms with Crippen LogP contribution in [0.15, 0.2) is 18.5 Å². The van der Waals surface area contributed by atoms with Crippen LogP contribution < -0.4 is 10.6 Å². The van der Waals surface area contributed by atoms with Gasteiger partial charge in [-0.15, -0.1) is 0 Å². The van der Waals surface area contributed by atoms with Gasteiger partial charge in [0.1, 0.15) is 0 Å². The highest BCUT2D eigenvalue weighted by atomic mass is 16.2. The minimum atomic E-state index is 0.0924. The molecule has 0 bridgehead atoms. The lowest BCUT2D eigenvalue weighted by atomic mass is 10.2. The van der Waals surface area contributed by atoms with Crippen molar-refractivity contribution in [2.45, 2.75) is 26.2 Å². The number of hydrogen-bond donors (Lipinski definition) is 1. The normalized spacial score (nSPS) is 10.0. The standard InChI is InChI=1S/C11H17N3O/c1-3-4-5-11(15)14(2)10-6-7-13-8-9(10)12/h6-8H,3-5,12H2,1-2H3. The summed E-state index contributed by atoms with van der Waals surface area (Å²) in [5.74, 6) is 0.0924. The lowest BCUT2D eigenvalue weighted by molar-refractivity contribution is -0.118. The summed E-state index contributed by atoms with van der Waals surface area (Å²) in [5, 5.41) is 0. The third kappa shape index (κ3) is 2.94. The van der Waals surface area contributed by atoms with E-state index in [-0.39, 0.29) is 5.91 Å². The molecule has 0 spiro atoms. The van der Waals surface area contributed by atoms with Gasteiger partial charge in [-0.05, 0) is 12.5 Å². The Kier molecular flexibility index (Phi) is 4.09.